The number of oxime groups is 1. The molecule has 0 aliphatic heterocycles. The molecule has 6 atom stereocenters. The van der Waals surface area contributed by atoms with Crippen molar-refractivity contribution in [3.05, 3.63) is 47.3 Å². The quantitative estimate of drug-likeness (QED) is 0.442. The van der Waals surface area contributed by atoms with Crippen LogP contribution in [-0.2, 0) is 16.2 Å². The van der Waals surface area contributed by atoms with Gasteiger partial charge in [-0.25, -0.2) is 4.39 Å². The molecule has 0 saturated heterocycles. The summed E-state index contributed by atoms with van der Waals surface area (Å²) >= 11 is 0. The molecule has 3 saturated carbocycles. The van der Waals surface area contributed by atoms with Crippen LogP contribution < -0.4 is 5.32 Å². The van der Waals surface area contributed by atoms with E-state index in [-0.39, 0.29) is 29.2 Å². The maximum absolute atomic E-state index is 13.0. The average molecular weight is 493 g/mol. The number of fused-ring (bicyclic) bond motifs is 5. The SMILES string of the molecule is C#C[C@@]1(O)CC[C@H]2[C@@H]3CCC4=CC(=NOCC(=O)NCc5ccc(F)cc5)CC[C@]4(C)[C@H]3CC[C@@]21C. The molecule has 36 heavy (non-hydrogen) atoms. The van der Waals surface area contributed by atoms with Gasteiger partial charge in [0.1, 0.15) is 11.4 Å². The highest BCUT2D eigenvalue weighted by atomic mass is 19.1. The van der Waals surface area contributed by atoms with E-state index in [1.165, 1.54) is 17.7 Å². The first-order chi connectivity index (χ1) is 17.2. The van der Waals surface area contributed by atoms with Crippen molar-refractivity contribution in [2.24, 2.45) is 33.7 Å². The van der Waals surface area contributed by atoms with Gasteiger partial charge >= 0.3 is 0 Å². The summed E-state index contributed by atoms with van der Waals surface area (Å²) in [5, 5.41) is 18.2. The van der Waals surface area contributed by atoms with Crippen molar-refractivity contribution >= 4 is 11.6 Å². The normalized spacial score (nSPS) is 38.2. The highest BCUT2D eigenvalue weighted by molar-refractivity contribution is 5.96. The van der Waals surface area contributed by atoms with Crippen molar-refractivity contribution < 1.29 is 19.1 Å². The van der Waals surface area contributed by atoms with Crippen molar-refractivity contribution in [1.82, 2.24) is 5.32 Å². The fraction of sp³-hybridized carbons (Fsp3) is 0.600. The van der Waals surface area contributed by atoms with E-state index in [4.69, 9.17) is 11.3 Å². The lowest BCUT2D eigenvalue weighted by Gasteiger charge is -2.58. The molecule has 5 rings (SSSR count). The zero-order valence-electron chi connectivity index (χ0n) is 21.4. The Bertz CT molecular complexity index is 1120. The van der Waals surface area contributed by atoms with Gasteiger partial charge < -0.3 is 15.3 Å². The zero-order chi connectivity index (χ0) is 25.6. The highest BCUT2D eigenvalue weighted by Gasteiger charge is 2.63. The molecule has 5 nitrogen and oxygen atoms in total. The number of carbonyl (C=O) groups excluding carboxylic acids is 1. The number of nitrogens with zero attached hydrogens (tertiary/aromatic N) is 1. The van der Waals surface area contributed by atoms with E-state index < -0.39 is 5.60 Å². The Kier molecular flexibility index (Phi) is 6.49. The number of nitrogens with one attached hydrogen (secondary N) is 1. The lowest BCUT2D eigenvalue weighted by molar-refractivity contribution is -0.125. The van der Waals surface area contributed by atoms with Crippen molar-refractivity contribution in [1.29, 1.82) is 0 Å². The van der Waals surface area contributed by atoms with E-state index in [9.17, 15) is 14.3 Å². The Hall–Kier alpha value is -2.65. The minimum atomic E-state index is -0.964. The topological polar surface area (TPSA) is 70.9 Å². The largest absolute Gasteiger partial charge is 0.385 e. The molecular weight excluding hydrogens is 455 g/mol. The second-order valence-electron chi connectivity index (χ2n) is 11.8. The van der Waals surface area contributed by atoms with Gasteiger partial charge in [-0.05, 0) is 98.3 Å². The van der Waals surface area contributed by atoms with Gasteiger partial charge in [-0.15, -0.1) is 6.42 Å². The molecule has 0 unspecified atom stereocenters. The van der Waals surface area contributed by atoms with Gasteiger partial charge in [-0.3, -0.25) is 4.79 Å². The number of halogens is 1. The molecule has 0 radical (unpaired) electrons. The van der Waals surface area contributed by atoms with Gasteiger partial charge in [-0.2, -0.15) is 0 Å². The third-order valence-electron chi connectivity index (χ3n) is 10.1. The van der Waals surface area contributed by atoms with Crippen molar-refractivity contribution in [3.8, 4) is 12.3 Å². The van der Waals surface area contributed by atoms with Crippen LogP contribution in [0.5, 0.6) is 0 Å². The number of carbonyl (C=O) groups is 1. The van der Waals surface area contributed by atoms with Gasteiger partial charge in [0, 0.05) is 12.0 Å². The molecule has 0 spiro atoms. The third-order valence-corrected chi connectivity index (χ3v) is 10.1. The number of amides is 1. The molecule has 6 heteroatoms. The van der Waals surface area contributed by atoms with Crippen LogP contribution in [0.2, 0.25) is 0 Å². The van der Waals surface area contributed by atoms with Crippen molar-refractivity contribution in [2.75, 3.05) is 6.61 Å². The van der Waals surface area contributed by atoms with E-state index in [1.807, 2.05) is 0 Å². The molecule has 0 aromatic heterocycles. The third kappa shape index (κ3) is 4.16. The standard InChI is InChI=1S/C30H37FN2O3/c1-4-30(35)16-13-26-24-10-7-21-17-23(11-14-28(21,2)25(24)12-15-29(26,30)3)33-36-19-27(34)32-18-20-5-8-22(31)9-6-20/h1,5-6,8-9,17,24-26,35H,7,10-16,18-19H2,2-3H3,(H,32,34)/t24-,25+,26+,28+,29+,30-/m1/s1. The highest BCUT2D eigenvalue weighted by Crippen LogP contribution is 2.67. The van der Waals surface area contributed by atoms with Crippen LogP contribution in [0.1, 0.15) is 70.8 Å². The van der Waals surface area contributed by atoms with Gasteiger partial charge in [0.15, 0.2) is 6.61 Å². The molecule has 3 fully saturated rings. The summed E-state index contributed by atoms with van der Waals surface area (Å²) in [7, 11) is 0. The first-order valence-electron chi connectivity index (χ1n) is 13.3. The predicted molar refractivity (Wildman–Crippen MR) is 137 cm³/mol. The smallest absolute Gasteiger partial charge is 0.261 e. The molecule has 1 aromatic carbocycles. The molecule has 4 aliphatic carbocycles. The summed E-state index contributed by atoms with van der Waals surface area (Å²) in [4.78, 5) is 17.5. The number of hydrogen-bond acceptors (Lipinski definition) is 4. The number of terminal acetylenes is 1. The maximum atomic E-state index is 13.0. The second-order valence-corrected chi connectivity index (χ2v) is 11.8. The first kappa shape index (κ1) is 25.0. The lowest BCUT2D eigenvalue weighted by Crippen LogP contribution is -2.54. The Morgan fingerprint density at radius 2 is 1.92 bits per heavy atom. The lowest BCUT2D eigenvalue weighted by atomic mass is 9.46. The van der Waals surface area contributed by atoms with E-state index in [2.05, 4.69) is 36.3 Å². The van der Waals surface area contributed by atoms with Gasteiger partial charge in [0.05, 0.1) is 5.71 Å². The van der Waals surface area contributed by atoms with Crippen molar-refractivity contribution in [2.45, 2.75) is 77.4 Å². The Morgan fingerprint density at radius 1 is 1.17 bits per heavy atom. The molecule has 1 amide bonds. The molecule has 1 aromatic rings. The van der Waals surface area contributed by atoms with E-state index >= 15 is 0 Å². The number of rotatable bonds is 5. The summed E-state index contributed by atoms with van der Waals surface area (Å²) < 4.78 is 13.0. The van der Waals surface area contributed by atoms with Crippen LogP contribution in [0.15, 0.2) is 41.1 Å². The molecule has 0 bridgehead atoms. The maximum Gasteiger partial charge on any atom is 0.261 e. The van der Waals surface area contributed by atoms with E-state index in [0.29, 0.717) is 24.3 Å². The summed E-state index contributed by atoms with van der Waals surface area (Å²) in [6.45, 7) is 4.82. The van der Waals surface area contributed by atoms with E-state index in [0.717, 1.165) is 62.6 Å². The fourth-order valence-corrected chi connectivity index (χ4v) is 7.92. The first-order valence-corrected chi connectivity index (χ1v) is 13.3. The Labute approximate surface area is 213 Å². The van der Waals surface area contributed by atoms with Crippen LogP contribution in [-0.4, -0.2) is 28.9 Å². The summed E-state index contributed by atoms with van der Waals surface area (Å²) in [5.41, 5.74) is 2.18. The Balaban J connectivity index is 1.19. The molecule has 0 heterocycles. The predicted octanol–water partition coefficient (Wildman–Crippen LogP) is 5.14. The van der Waals surface area contributed by atoms with Gasteiger partial charge in [0.2, 0.25) is 0 Å². The van der Waals surface area contributed by atoms with Crippen molar-refractivity contribution in [3.63, 3.8) is 0 Å². The van der Waals surface area contributed by atoms with Gasteiger partial charge in [0.25, 0.3) is 5.91 Å². The number of hydrogen-bond donors (Lipinski definition) is 2. The summed E-state index contributed by atoms with van der Waals surface area (Å²) in [6, 6.07) is 6.04. The monoisotopic (exact) mass is 492 g/mol. The molecule has 192 valence electrons. The number of allylic oxidation sites excluding steroid dienone is 2. The Morgan fingerprint density at radius 3 is 2.67 bits per heavy atom. The molecular formula is C30H37FN2O3. The van der Waals surface area contributed by atoms with Crippen LogP contribution in [0.4, 0.5) is 4.39 Å². The fourth-order valence-electron chi connectivity index (χ4n) is 7.92. The van der Waals surface area contributed by atoms with Crippen LogP contribution in [0.25, 0.3) is 0 Å². The number of aliphatic hydroxyl groups is 1. The average Bonchev–Trinajstić information content (AvgIpc) is 3.15. The van der Waals surface area contributed by atoms with Crippen LogP contribution in [0.3, 0.4) is 0 Å². The molecule has 2 N–H and O–H groups in total. The minimum absolute atomic E-state index is 0.145. The van der Waals surface area contributed by atoms with Gasteiger partial charge in [-0.1, -0.05) is 42.6 Å². The summed E-state index contributed by atoms with van der Waals surface area (Å²) in [5.74, 6) is 3.91. The summed E-state index contributed by atoms with van der Waals surface area (Å²) in [6.07, 6.45) is 15.9. The number of benzene rings is 1. The second kappa shape index (κ2) is 9.34. The minimum Gasteiger partial charge on any atom is -0.385 e. The van der Waals surface area contributed by atoms with E-state index in [1.54, 1.807) is 12.1 Å². The van der Waals surface area contributed by atoms with Crippen LogP contribution in [0, 0.1) is 46.7 Å². The molecule has 4 aliphatic rings. The van der Waals surface area contributed by atoms with Crippen LogP contribution >= 0.6 is 0 Å². The zero-order valence-corrected chi connectivity index (χ0v) is 21.4.